The van der Waals surface area contributed by atoms with Gasteiger partial charge in [-0.3, -0.25) is 0 Å². The van der Waals surface area contributed by atoms with Crippen molar-refractivity contribution in [2.45, 2.75) is 26.9 Å². The summed E-state index contributed by atoms with van der Waals surface area (Å²) in [6, 6.07) is 0. The lowest BCUT2D eigenvalue weighted by Gasteiger charge is -2.27. The zero-order chi connectivity index (χ0) is 11.6. The number of hydrogen-bond donors (Lipinski definition) is 1. The van der Waals surface area contributed by atoms with Gasteiger partial charge in [0.1, 0.15) is 16.0 Å². The van der Waals surface area contributed by atoms with Crippen LogP contribution in [-0.2, 0) is 4.74 Å². The molecular weight excluding hydrogens is 214 g/mol. The maximum Gasteiger partial charge on any atom is 0.347 e. The molecule has 0 spiro atoms. The Morgan fingerprint density at radius 1 is 1.60 bits per heavy atom. The van der Waals surface area contributed by atoms with Crippen LogP contribution in [0.25, 0.3) is 0 Å². The van der Waals surface area contributed by atoms with Gasteiger partial charge in [-0.2, -0.15) is 0 Å². The summed E-state index contributed by atoms with van der Waals surface area (Å²) in [6.45, 7) is 6.09. The number of hydrogen-bond acceptors (Lipinski definition) is 4. The van der Waals surface area contributed by atoms with E-state index < -0.39 is 5.97 Å². The SMILES string of the molecule is COC(c1ncc(C(=O)O)s1)C(C)(C)C. The second kappa shape index (κ2) is 4.28. The van der Waals surface area contributed by atoms with Crippen molar-refractivity contribution < 1.29 is 14.6 Å². The van der Waals surface area contributed by atoms with Gasteiger partial charge in [0.25, 0.3) is 0 Å². The number of carbonyl (C=O) groups is 1. The Labute approximate surface area is 92.9 Å². The summed E-state index contributed by atoms with van der Waals surface area (Å²) < 4.78 is 5.35. The predicted molar refractivity (Wildman–Crippen MR) is 58.3 cm³/mol. The Balaban J connectivity index is 2.98. The minimum atomic E-state index is -0.942. The first-order valence-electron chi connectivity index (χ1n) is 4.58. The van der Waals surface area contributed by atoms with Crippen molar-refractivity contribution in [3.8, 4) is 0 Å². The zero-order valence-electron chi connectivity index (χ0n) is 9.27. The molecule has 0 fully saturated rings. The molecule has 0 bridgehead atoms. The number of methoxy groups -OCH3 is 1. The number of rotatable bonds is 3. The standard InChI is InChI=1S/C10H15NO3S/c1-10(2,3)7(14-4)8-11-5-6(15-8)9(12)13/h5,7H,1-4H3,(H,12,13). The van der Waals surface area contributed by atoms with Crippen LogP contribution in [-0.4, -0.2) is 23.2 Å². The molecule has 1 aromatic rings. The van der Waals surface area contributed by atoms with Crippen LogP contribution >= 0.6 is 11.3 Å². The van der Waals surface area contributed by atoms with Crippen molar-refractivity contribution in [1.82, 2.24) is 4.98 Å². The molecule has 0 aliphatic rings. The van der Waals surface area contributed by atoms with E-state index in [0.29, 0.717) is 5.01 Å². The molecule has 5 heteroatoms. The third-order valence-corrected chi connectivity index (χ3v) is 3.01. The molecule has 0 aliphatic carbocycles. The fraction of sp³-hybridized carbons (Fsp3) is 0.600. The van der Waals surface area contributed by atoms with E-state index in [9.17, 15) is 4.79 Å². The smallest absolute Gasteiger partial charge is 0.347 e. The summed E-state index contributed by atoms with van der Waals surface area (Å²) in [6.07, 6.45) is 1.20. The Morgan fingerprint density at radius 3 is 2.53 bits per heavy atom. The van der Waals surface area contributed by atoms with Crippen molar-refractivity contribution in [1.29, 1.82) is 0 Å². The molecule has 0 amide bonds. The number of nitrogens with zero attached hydrogens (tertiary/aromatic N) is 1. The second-order valence-corrected chi connectivity index (χ2v) is 5.41. The van der Waals surface area contributed by atoms with Crippen LogP contribution in [0.15, 0.2) is 6.20 Å². The summed E-state index contributed by atoms with van der Waals surface area (Å²) in [5.74, 6) is -0.942. The molecule has 0 aromatic carbocycles. The highest BCUT2D eigenvalue weighted by Crippen LogP contribution is 2.37. The van der Waals surface area contributed by atoms with Crippen LogP contribution in [0.5, 0.6) is 0 Å². The number of ether oxygens (including phenoxy) is 1. The molecule has 1 aromatic heterocycles. The highest BCUT2D eigenvalue weighted by molar-refractivity contribution is 7.13. The molecule has 15 heavy (non-hydrogen) atoms. The second-order valence-electron chi connectivity index (χ2n) is 4.35. The first kappa shape index (κ1) is 12.1. The molecule has 4 nitrogen and oxygen atoms in total. The molecule has 1 rings (SSSR count). The topological polar surface area (TPSA) is 59.4 Å². The van der Waals surface area contributed by atoms with Gasteiger partial charge < -0.3 is 9.84 Å². The molecule has 0 saturated carbocycles. The van der Waals surface area contributed by atoms with E-state index in [4.69, 9.17) is 9.84 Å². The fourth-order valence-electron chi connectivity index (χ4n) is 1.33. The molecule has 1 heterocycles. The van der Waals surface area contributed by atoms with Crippen LogP contribution in [0.2, 0.25) is 0 Å². The van der Waals surface area contributed by atoms with Crippen LogP contribution < -0.4 is 0 Å². The zero-order valence-corrected chi connectivity index (χ0v) is 10.1. The van der Waals surface area contributed by atoms with Crippen molar-refractivity contribution >= 4 is 17.3 Å². The van der Waals surface area contributed by atoms with Crippen LogP contribution in [0.1, 0.15) is 41.6 Å². The first-order valence-corrected chi connectivity index (χ1v) is 5.39. The minimum Gasteiger partial charge on any atom is -0.477 e. The van der Waals surface area contributed by atoms with Crippen LogP contribution in [0.3, 0.4) is 0 Å². The maximum absolute atomic E-state index is 10.7. The van der Waals surface area contributed by atoms with E-state index in [1.54, 1.807) is 7.11 Å². The lowest BCUT2D eigenvalue weighted by Crippen LogP contribution is -2.19. The lowest BCUT2D eigenvalue weighted by molar-refractivity contribution is 0.0150. The van der Waals surface area contributed by atoms with Gasteiger partial charge in [-0.1, -0.05) is 20.8 Å². The predicted octanol–water partition coefficient (Wildman–Crippen LogP) is 2.57. The summed E-state index contributed by atoms with van der Waals surface area (Å²) in [7, 11) is 1.61. The first-order chi connectivity index (χ1) is 6.86. The largest absolute Gasteiger partial charge is 0.477 e. The fourth-order valence-corrected chi connectivity index (χ4v) is 2.41. The summed E-state index contributed by atoms with van der Waals surface area (Å²) in [4.78, 5) is 15.0. The van der Waals surface area contributed by atoms with Gasteiger partial charge in [0.05, 0.1) is 6.20 Å². The van der Waals surface area contributed by atoms with E-state index in [-0.39, 0.29) is 16.4 Å². The third kappa shape index (κ3) is 2.76. The molecular formula is C10H15NO3S. The van der Waals surface area contributed by atoms with Gasteiger partial charge >= 0.3 is 5.97 Å². The molecule has 0 saturated heterocycles. The average Bonchev–Trinajstić information content (AvgIpc) is 2.51. The molecule has 0 radical (unpaired) electrons. The van der Waals surface area contributed by atoms with Gasteiger partial charge in [0.15, 0.2) is 0 Å². The highest BCUT2D eigenvalue weighted by Gasteiger charge is 2.29. The number of carboxylic acid groups (broad SMARTS) is 1. The lowest BCUT2D eigenvalue weighted by atomic mass is 9.89. The van der Waals surface area contributed by atoms with E-state index >= 15 is 0 Å². The van der Waals surface area contributed by atoms with E-state index in [1.165, 1.54) is 6.20 Å². The molecule has 0 aliphatic heterocycles. The third-order valence-electron chi connectivity index (χ3n) is 1.98. The maximum atomic E-state index is 10.7. The van der Waals surface area contributed by atoms with E-state index in [2.05, 4.69) is 4.98 Å². The quantitative estimate of drug-likeness (QED) is 0.865. The normalized spacial score (nSPS) is 13.9. The van der Waals surface area contributed by atoms with Gasteiger partial charge in [-0.05, 0) is 5.41 Å². The Kier molecular flexibility index (Phi) is 3.46. The van der Waals surface area contributed by atoms with Gasteiger partial charge in [-0.15, -0.1) is 11.3 Å². The Hall–Kier alpha value is -0.940. The monoisotopic (exact) mass is 229 g/mol. The number of aromatic carboxylic acids is 1. The molecule has 1 N–H and O–H groups in total. The van der Waals surface area contributed by atoms with Crippen LogP contribution in [0, 0.1) is 5.41 Å². The molecule has 84 valence electrons. The van der Waals surface area contributed by atoms with Crippen molar-refractivity contribution in [2.75, 3.05) is 7.11 Å². The number of aromatic nitrogens is 1. The summed E-state index contributed by atoms with van der Waals surface area (Å²) in [5, 5.41) is 9.50. The van der Waals surface area contributed by atoms with Gasteiger partial charge in [0, 0.05) is 7.11 Å². The van der Waals surface area contributed by atoms with Gasteiger partial charge in [0.2, 0.25) is 0 Å². The molecule has 1 atom stereocenters. The summed E-state index contributed by atoms with van der Waals surface area (Å²) in [5.41, 5.74) is -0.0949. The average molecular weight is 229 g/mol. The van der Waals surface area contributed by atoms with Crippen LogP contribution in [0.4, 0.5) is 0 Å². The minimum absolute atomic E-state index is 0.0949. The number of thiazole rings is 1. The highest BCUT2D eigenvalue weighted by atomic mass is 32.1. The number of carboxylic acids is 1. The van der Waals surface area contributed by atoms with Crippen molar-refractivity contribution in [3.63, 3.8) is 0 Å². The van der Waals surface area contributed by atoms with E-state index in [1.807, 2.05) is 20.8 Å². The summed E-state index contributed by atoms with van der Waals surface area (Å²) >= 11 is 1.16. The van der Waals surface area contributed by atoms with Crippen molar-refractivity contribution in [2.24, 2.45) is 5.41 Å². The molecule has 1 unspecified atom stereocenters. The van der Waals surface area contributed by atoms with Gasteiger partial charge in [-0.25, -0.2) is 9.78 Å². The van der Waals surface area contributed by atoms with Crippen molar-refractivity contribution in [3.05, 3.63) is 16.1 Å². The Morgan fingerprint density at radius 2 is 2.20 bits per heavy atom. The van der Waals surface area contributed by atoms with E-state index in [0.717, 1.165) is 11.3 Å². The Bertz CT molecular complexity index is 354.